The Morgan fingerprint density at radius 2 is 1.54 bits per heavy atom. The standard InChI is InChI=1S/C21H16ClFN2O3/c1-28-19-10-5-15(22)12-18(19)25-21(27)14-4-2-3-13(11-14)20(26)24-17-8-6-16(23)7-9-17/h2-12H,1H3,(H,24,26)(H,25,27). The Bertz CT molecular complexity index is 1020. The lowest BCUT2D eigenvalue weighted by atomic mass is 10.1. The van der Waals surface area contributed by atoms with Crippen LogP contribution in [-0.4, -0.2) is 18.9 Å². The number of halogens is 2. The average molecular weight is 399 g/mol. The second kappa shape index (κ2) is 8.54. The summed E-state index contributed by atoms with van der Waals surface area (Å²) in [7, 11) is 1.49. The Balaban J connectivity index is 1.77. The van der Waals surface area contributed by atoms with Crippen LogP contribution in [0, 0.1) is 5.82 Å². The molecular formula is C21H16ClFN2O3. The van der Waals surface area contributed by atoms with E-state index in [1.54, 1.807) is 36.4 Å². The largest absolute Gasteiger partial charge is 0.495 e. The third-order valence-corrected chi connectivity index (χ3v) is 4.13. The first kappa shape index (κ1) is 19.4. The molecule has 0 aliphatic carbocycles. The fraction of sp³-hybridized carbons (Fsp3) is 0.0476. The van der Waals surface area contributed by atoms with Gasteiger partial charge in [0.25, 0.3) is 11.8 Å². The molecule has 7 heteroatoms. The number of amides is 2. The molecule has 3 aromatic rings. The molecule has 0 radical (unpaired) electrons. The van der Waals surface area contributed by atoms with E-state index in [1.165, 1.54) is 37.4 Å². The van der Waals surface area contributed by atoms with Gasteiger partial charge in [0, 0.05) is 21.8 Å². The molecule has 2 amide bonds. The SMILES string of the molecule is COc1ccc(Cl)cc1NC(=O)c1cccc(C(=O)Nc2ccc(F)cc2)c1. The zero-order valence-electron chi connectivity index (χ0n) is 14.8. The molecule has 3 rings (SSSR count). The molecule has 3 aromatic carbocycles. The molecule has 5 nitrogen and oxygen atoms in total. The highest BCUT2D eigenvalue weighted by Crippen LogP contribution is 2.28. The number of hydrogen-bond donors (Lipinski definition) is 2. The first-order valence-electron chi connectivity index (χ1n) is 8.28. The van der Waals surface area contributed by atoms with Gasteiger partial charge in [0.15, 0.2) is 0 Å². The minimum atomic E-state index is -0.419. The summed E-state index contributed by atoms with van der Waals surface area (Å²) in [6.07, 6.45) is 0. The van der Waals surface area contributed by atoms with Crippen LogP contribution in [0.15, 0.2) is 66.7 Å². The van der Waals surface area contributed by atoms with E-state index in [0.717, 1.165) is 0 Å². The summed E-state index contributed by atoms with van der Waals surface area (Å²) >= 11 is 5.97. The third-order valence-electron chi connectivity index (χ3n) is 3.90. The molecule has 0 aliphatic rings. The van der Waals surface area contributed by atoms with Crippen LogP contribution in [0.4, 0.5) is 15.8 Å². The second-order valence-corrected chi connectivity index (χ2v) is 6.28. The zero-order chi connectivity index (χ0) is 20.1. The van der Waals surface area contributed by atoms with Gasteiger partial charge in [-0.25, -0.2) is 4.39 Å². The Morgan fingerprint density at radius 1 is 0.893 bits per heavy atom. The highest BCUT2D eigenvalue weighted by atomic mass is 35.5. The fourth-order valence-corrected chi connectivity index (χ4v) is 2.68. The van der Waals surface area contributed by atoms with E-state index in [9.17, 15) is 14.0 Å². The summed E-state index contributed by atoms with van der Waals surface area (Å²) in [5.74, 6) is -0.769. The van der Waals surface area contributed by atoms with Crippen LogP contribution in [-0.2, 0) is 0 Å². The summed E-state index contributed by atoms with van der Waals surface area (Å²) in [6, 6.07) is 16.5. The molecule has 0 aromatic heterocycles. The molecule has 0 bridgehead atoms. The quantitative estimate of drug-likeness (QED) is 0.636. The molecule has 2 N–H and O–H groups in total. The number of nitrogens with one attached hydrogen (secondary N) is 2. The number of ether oxygens (including phenoxy) is 1. The van der Waals surface area contributed by atoms with Gasteiger partial charge in [-0.3, -0.25) is 9.59 Å². The fourth-order valence-electron chi connectivity index (χ4n) is 2.51. The Hall–Kier alpha value is -3.38. The first-order chi connectivity index (χ1) is 13.5. The third kappa shape index (κ3) is 4.66. The van der Waals surface area contributed by atoms with Crippen LogP contribution in [0.3, 0.4) is 0 Å². The minimum Gasteiger partial charge on any atom is -0.495 e. The lowest BCUT2D eigenvalue weighted by molar-refractivity contribution is 0.102. The van der Waals surface area contributed by atoms with E-state index in [-0.39, 0.29) is 11.1 Å². The average Bonchev–Trinajstić information content (AvgIpc) is 2.70. The van der Waals surface area contributed by atoms with E-state index in [2.05, 4.69) is 10.6 Å². The predicted molar refractivity (Wildman–Crippen MR) is 107 cm³/mol. The number of anilines is 2. The van der Waals surface area contributed by atoms with E-state index < -0.39 is 17.6 Å². The van der Waals surface area contributed by atoms with Crippen molar-refractivity contribution in [3.63, 3.8) is 0 Å². The van der Waals surface area contributed by atoms with Crippen molar-refractivity contribution < 1.29 is 18.7 Å². The number of carbonyl (C=O) groups is 2. The summed E-state index contributed by atoms with van der Waals surface area (Å²) in [5, 5.41) is 5.82. The van der Waals surface area contributed by atoms with Crippen molar-refractivity contribution in [2.24, 2.45) is 0 Å². The van der Waals surface area contributed by atoms with E-state index in [1.807, 2.05) is 0 Å². The number of rotatable bonds is 5. The number of carbonyl (C=O) groups excluding carboxylic acids is 2. The Kier molecular flexibility index (Phi) is 5.91. The van der Waals surface area contributed by atoms with Crippen molar-refractivity contribution in [2.45, 2.75) is 0 Å². The highest BCUT2D eigenvalue weighted by Gasteiger charge is 2.13. The number of benzene rings is 3. The molecule has 0 saturated carbocycles. The maximum atomic E-state index is 13.0. The Morgan fingerprint density at radius 3 is 2.18 bits per heavy atom. The maximum absolute atomic E-state index is 13.0. The summed E-state index contributed by atoms with van der Waals surface area (Å²) in [6.45, 7) is 0. The van der Waals surface area contributed by atoms with Gasteiger partial charge < -0.3 is 15.4 Å². The van der Waals surface area contributed by atoms with Crippen LogP contribution in [0.2, 0.25) is 5.02 Å². The highest BCUT2D eigenvalue weighted by molar-refractivity contribution is 6.31. The van der Waals surface area contributed by atoms with Gasteiger partial charge in [-0.1, -0.05) is 17.7 Å². The van der Waals surface area contributed by atoms with Gasteiger partial charge >= 0.3 is 0 Å². The Labute approximate surface area is 166 Å². The summed E-state index contributed by atoms with van der Waals surface area (Å²) in [5.41, 5.74) is 1.44. The van der Waals surface area contributed by atoms with Crippen LogP contribution < -0.4 is 15.4 Å². The van der Waals surface area contributed by atoms with Gasteiger partial charge in [-0.15, -0.1) is 0 Å². The van der Waals surface area contributed by atoms with E-state index in [4.69, 9.17) is 16.3 Å². The van der Waals surface area contributed by atoms with Crippen molar-refractivity contribution in [1.29, 1.82) is 0 Å². The van der Waals surface area contributed by atoms with Crippen molar-refractivity contribution >= 4 is 34.8 Å². The predicted octanol–water partition coefficient (Wildman–Crippen LogP) is 4.99. The van der Waals surface area contributed by atoms with Crippen LogP contribution >= 0.6 is 11.6 Å². The van der Waals surface area contributed by atoms with Crippen molar-refractivity contribution in [3.8, 4) is 5.75 Å². The minimum absolute atomic E-state index is 0.286. The molecule has 0 unspecified atom stereocenters. The zero-order valence-corrected chi connectivity index (χ0v) is 15.6. The van der Waals surface area contributed by atoms with Gasteiger partial charge in [0.05, 0.1) is 12.8 Å². The van der Waals surface area contributed by atoms with Gasteiger partial charge in [0.2, 0.25) is 0 Å². The molecule has 0 aliphatic heterocycles. The van der Waals surface area contributed by atoms with Crippen molar-refractivity contribution in [1.82, 2.24) is 0 Å². The monoisotopic (exact) mass is 398 g/mol. The second-order valence-electron chi connectivity index (χ2n) is 5.84. The maximum Gasteiger partial charge on any atom is 0.255 e. The lowest BCUT2D eigenvalue weighted by Gasteiger charge is -2.11. The molecule has 0 fully saturated rings. The summed E-state index contributed by atoms with van der Waals surface area (Å²) < 4.78 is 18.2. The van der Waals surface area contributed by atoms with Gasteiger partial charge in [-0.05, 0) is 60.7 Å². The summed E-state index contributed by atoms with van der Waals surface area (Å²) in [4.78, 5) is 25.0. The number of methoxy groups -OCH3 is 1. The van der Waals surface area contributed by atoms with Crippen molar-refractivity contribution in [3.05, 3.63) is 88.7 Å². The van der Waals surface area contributed by atoms with Crippen LogP contribution in [0.5, 0.6) is 5.75 Å². The molecule has 0 atom stereocenters. The molecular weight excluding hydrogens is 383 g/mol. The van der Waals surface area contributed by atoms with E-state index >= 15 is 0 Å². The molecule has 0 saturated heterocycles. The smallest absolute Gasteiger partial charge is 0.255 e. The molecule has 28 heavy (non-hydrogen) atoms. The lowest BCUT2D eigenvalue weighted by Crippen LogP contribution is -2.16. The van der Waals surface area contributed by atoms with E-state index in [0.29, 0.717) is 22.1 Å². The molecule has 142 valence electrons. The number of hydrogen-bond acceptors (Lipinski definition) is 3. The topological polar surface area (TPSA) is 67.4 Å². The van der Waals surface area contributed by atoms with Gasteiger partial charge in [-0.2, -0.15) is 0 Å². The van der Waals surface area contributed by atoms with Gasteiger partial charge in [0.1, 0.15) is 11.6 Å². The molecule has 0 spiro atoms. The molecule has 0 heterocycles. The first-order valence-corrected chi connectivity index (χ1v) is 8.66. The normalized spacial score (nSPS) is 10.2. The van der Waals surface area contributed by atoms with Crippen molar-refractivity contribution in [2.75, 3.05) is 17.7 Å². The van der Waals surface area contributed by atoms with Crippen LogP contribution in [0.25, 0.3) is 0 Å². The van der Waals surface area contributed by atoms with Crippen LogP contribution in [0.1, 0.15) is 20.7 Å².